The van der Waals surface area contributed by atoms with Crippen molar-refractivity contribution in [1.82, 2.24) is 14.2 Å². The van der Waals surface area contributed by atoms with Crippen molar-refractivity contribution in [2.24, 2.45) is 5.92 Å². The van der Waals surface area contributed by atoms with Gasteiger partial charge in [-0.25, -0.2) is 13.4 Å². The summed E-state index contributed by atoms with van der Waals surface area (Å²) in [6, 6.07) is 17.5. The Morgan fingerprint density at radius 1 is 0.941 bits per heavy atom. The molecule has 2 saturated heterocycles. The molecule has 3 aromatic rings. The molecule has 2 aromatic carbocycles. The van der Waals surface area contributed by atoms with E-state index in [-0.39, 0.29) is 17.9 Å². The summed E-state index contributed by atoms with van der Waals surface area (Å²) in [7, 11) is -3.50. The molecule has 3 heterocycles. The lowest BCUT2D eigenvalue weighted by atomic mass is 9.93. The Balaban J connectivity index is 1.25. The Morgan fingerprint density at radius 3 is 2.44 bits per heavy atom. The number of benzene rings is 2. The quantitative estimate of drug-likeness (QED) is 0.496. The van der Waals surface area contributed by atoms with Crippen molar-refractivity contribution in [3.63, 3.8) is 0 Å². The number of carbonyl (C=O) groups is 1. The van der Waals surface area contributed by atoms with Gasteiger partial charge in [0.1, 0.15) is 5.01 Å². The Bertz CT molecular complexity index is 1250. The lowest BCUT2D eigenvalue weighted by Crippen LogP contribution is -2.46. The first kappa shape index (κ1) is 23.2. The summed E-state index contributed by atoms with van der Waals surface area (Å²) in [6.07, 6.45) is 5.77. The lowest BCUT2D eigenvalue weighted by molar-refractivity contribution is -0.140. The third-order valence-corrected chi connectivity index (χ3v) is 9.48. The molecule has 5 rings (SSSR count). The molecular weight excluding hydrogens is 466 g/mol. The van der Waals surface area contributed by atoms with Crippen LogP contribution in [0, 0.1) is 5.92 Å². The molecule has 2 aliphatic heterocycles. The van der Waals surface area contributed by atoms with Gasteiger partial charge in [0.15, 0.2) is 0 Å². The summed E-state index contributed by atoms with van der Waals surface area (Å²) in [6.45, 7) is 1.49. The number of hydrogen-bond donors (Lipinski definition) is 0. The van der Waals surface area contributed by atoms with Gasteiger partial charge in [-0.15, -0.1) is 11.3 Å². The summed E-state index contributed by atoms with van der Waals surface area (Å²) in [5.41, 5.74) is 1.84. The van der Waals surface area contributed by atoms with Gasteiger partial charge in [0, 0.05) is 31.0 Å². The number of aromatic nitrogens is 1. The molecule has 1 atom stereocenters. The van der Waals surface area contributed by atoms with Crippen LogP contribution in [0.3, 0.4) is 0 Å². The topological polar surface area (TPSA) is 70.6 Å². The van der Waals surface area contributed by atoms with Crippen molar-refractivity contribution >= 4 is 43.6 Å². The average molecular weight is 496 g/mol. The monoisotopic (exact) mass is 495 g/mol. The number of fused-ring (bicyclic) bond motifs is 1. The second-order valence-corrected chi connectivity index (χ2v) is 11.9. The zero-order valence-electron chi connectivity index (χ0n) is 19.0. The minimum atomic E-state index is -3.50. The molecule has 0 saturated carbocycles. The van der Waals surface area contributed by atoms with Crippen LogP contribution in [0.25, 0.3) is 16.3 Å². The lowest BCUT2D eigenvalue weighted by Gasteiger charge is -2.38. The van der Waals surface area contributed by atoms with Gasteiger partial charge in [-0.1, -0.05) is 42.5 Å². The maximum Gasteiger partial charge on any atom is 0.236 e. The molecule has 0 spiro atoms. The molecular formula is C26H29N3O3S2. The number of sulfonamides is 1. The minimum Gasteiger partial charge on any atom is -0.333 e. The van der Waals surface area contributed by atoms with E-state index in [1.807, 2.05) is 53.4 Å². The maximum absolute atomic E-state index is 13.5. The van der Waals surface area contributed by atoms with Gasteiger partial charge < -0.3 is 4.90 Å². The van der Waals surface area contributed by atoms with Crippen LogP contribution in [0.15, 0.2) is 60.0 Å². The SMILES string of the molecule is O=C(C1CCN(S(=O)(=O)/C=C/c2ccccc2)CC1)N1CCCCC1c1nc2ccccc2s1. The third kappa shape index (κ3) is 4.94. The highest BCUT2D eigenvalue weighted by molar-refractivity contribution is 7.92. The van der Waals surface area contributed by atoms with Crippen molar-refractivity contribution in [1.29, 1.82) is 0 Å². The first-order chi connectivity index (χ1) is 16.5. The van der Waals surface area contributed by atoms with Crippen LogP contribution in [0.2, 0.25) is 0 Å². The number of rotatable bonds is 5. The fourth-order valence-electron chi connectivity index (χ4n) is 4.89. The van der Waals surface area contributed by atoms with Crippen LogP contribution in [0.1, 0.15) is 48.7 Å². The van der Waals surface area contributed by atoms with E-state index >= 15 is 0 Å². The Hall–Kier alpha value is -2.55. The molecule has 0 aliphatic carbocycles. The molecule has 0 N–H and O–H groups in total. The Morgan fingerprint density at radius 2 is 1.68 bits per heavy atom. The normalized spacial score (nSPS) is 20.8. The summed E-state index contributed by atoms with van der Waals surface area (Å²) in [4.78, 5) is 20.4. The number of carbonyl (C=O) groups excluding carboxylic acids is 1. The largest absolute Gasteiger partial charge is 0.333 e. The van der Waals surface area contributed by atoms with Crippen molar-refractivity contribution in [3.05, 3.63) is 70.6 Å². The molecule has 2 fully saturated rings. The van der Waals surface area contributed by atoms with Crippen LogP contribution >= 0.6 is 11.3 Å². The number of thiazole rings is 1. The Labute approximate surface area is 205 Å². The van der Waals surface area contributed by atoms with Gasteiger partial charge in [0.2, 0.25) is 15.9 Å². The van der Waals surface area contributed by atoms with E-state index in [1.54, 1.807) is 17.4 Å². The number of nitrogens with zero attached hydrogens (tertiary/aromatic N) is 3. The fraction of sp³-hybridized carbons (Fsp3) is 0.385. The Kier molecular flexibility index (Phi) is 6.81. The second kappa shape index (κ2) is 9.98. The zero-order valence-corrected chi connectivity index (χ0v) is 20.7. The summed E-state index contributed by atoms with van der Waals surface area (Å²) >= 11 is 1.68. The van der Waals surface area contributed by atoms with E-state index in [0.29, 0.717) is 25.9 Å². The van der Waals surface area contributed by atoms with Gasteiger partial charge >= 0.3 is 0 Å². The standard InChI is InChI=1S/C26H29N3O3S2/c30-26(29-16-7-6-11-23(29)25-27-22-10-4-5-12-24(22)33-25)21-13-17-28(18-14-21)34(31,32)19-15-20-8-2-1-3-9-20/h1-5,8-10,12,15,19,21,23H,6-7,11,13-14,16-18H2/b19-15+. The highest BCUT2D eigenvalue weighted by Crippen LogP contribution is 2.37. The zero-order chi connectivity index (χ0) is 23.5. The van der Waals surface area contributed by atoms with Crippen LogP contribution < -0.4 is 0 Å². The number of likely N-dealkylation sites (tertiary alicyclic amines) is 1. The molecule has 0 bridgehead atoms. The van der Waals surface area contributed by atoms with E-state index in [2.05, 4.69) is 6.07 Å². The van der Waals surface area contributed by atoms with Crippen molar-refractivity contribution in [3.8, 4) is 0 Å². The predicted octanol–water partition coefficient (Wildman–Crippen LogP) is 5.06. The van der Waals surface area contributed by atoms with Crippen molar-refractivity contribution < 1.29 is 13.2 Å². The number of para-hydroxylation sites is 1. The average Bonchev–Trinajstić information content (AvgIpc) is 3.32. The van der Waals surface area contributed by atoms with E-state index in [1.165, 1.54) is 9.71 Å². The molecule has 1 aromatic heterocycles. The van der Waals surface area contributed by atoms with Crippen molar-refractivity contribution in [2.75, 3.05) is 19.6 Å². The molecule has 34 heavy (non-hydrogen) atoms. The molecule has 1 amide bonds. The summed E-state index contributed by atoms with van der Waals surface area (Å²) in [5, 5.41) is 2.29. The highest BCUT2D eigenvalue weighted by atomic mass is 32.2. The third-order valence-electron chi connectivity index (χ3n) is 6.78. The molecule has 6 nitrogen and oxygen atoms in total. The number of piperidine rings is 2. The van der Waals surface area contributed by atoms with Gasteiger partial charge in [-0.2, -0.15) is 4.31 Å². The van der Waals surface area contributed by atoms with E-state index in [4.69, 9.17) is 4.98 Å². The van der Waals surface area contributed by atoms with Gasteiger partial charge in [0.25, 0.3) is 0 Å². The van der Waals surface area contributed by atoms with Crippen molar-refractivity contribution in [2.45, 2.75) is 38.1 Å². The second-order valence-electron chi connectivity index (χ2n) is 8.99. The molecule has 0 radical (unpaired) electrons. The van der Waals surface area contributed by atoms with E-state index in [9.17, 15) is 13.2 Å². The van der Waals surface area contributed by atoms with Crippen LogP contribution in [0.5, 0.6) is 0 Å². The first-order valence-corrected chi connectivity index (χ1v) is 14.2. The van der Waals surface area contributed by atoms with Crippen LogP contribution in [0.4, 0.5) is 0 Å². The molecule has 1 unspecified atom stereocenters. The molecule has 2 aliphatic rings. The number of amides is 1. The van der Waals surface area contributed by atoms with Gasteiger partial charge in [-0.05, 0) is 55.9 Å². The predicted molar refractivity (Wildman–Crippen MR) is 137 cm³/mol. The molecule has 8 heteroatoms. The summed E-state index contributed by atoms with van der Waals surface area (Å²) in [5.74, 6) is 0.0142. The highest BCUT2D eigenvalue weighted by Gasteiger charge is 2.37. The fourth-order valence-corrected chi connectivity index (χ4v) is 7.23. The van der Waals surface area contributed by atoms with E-state index < -0.39 is 10.0 Å². The minimum absolute atomic E-state index is 0.0224. The first-order valence-electron chi connectivity index (χ1n) is 11.9. The number of hydrogen-bond acceptors (Lipinski definition) is 5. The smallest absolute Gasteiger partial charge is 0.236 e. The molecule has 178 valence electrons. The summed E-state index contributed by atoms with van der Waals surface area (Å²) < 4.78 is 28.2. The maximum atomic E-state index is 13.5. The van der Waals surface area contributed by atoms with E-state index in [0.717, 1.165) is 46.6 Å². The van der Waals surface area contributed by atoms with Gasteiger partial charge in [0.05, 0.1) is 16.3 Å². The van der Waals surface area contributed by atoms with Crippen LogP contribution in [-0.2, 0) is 14.8 Å². The van der Waals surface area contributed by atoms with Gasteiger partial charge in [-0.3, -0.25) is 4.79 Å². The van der Waals surface area contributed by atoms with Crippen LogP contribution in [-0.4, -0.2) is 48.1 Å².